The van der Waals surface area contributed by atoms with E-state index in [0.717, 1.165) is 17.1 Å². The van der Waals surface area contributed by atoms with E-state index in [-0.39, 0.29) is 5.91 Å². The van der Waals surface area contributed by atoms with Crippen molar-refractivity contribution in [3.05, 3.63) is 11.4 Å². The minimum Gasteiger partial charge on any atom is -0.322 e. The Morgan fingerprint density at radius 3 is 2.47 bits per heavy atom. The van der Waals surface area contributed by atoms with Crippen LogP contribution in [0.1, 0.15) is 31.7 Å². The molecule has 3 N–H and O–H groups in total. The van der Waals surface area contributed by atoms with Crippen molar-refractivity contribution in [2.75, 3.05) is 5.32 Å². The smallest absolute Gasteiger partial charge is 0.241 e. The molecule has 5 nitrogen and oxygen atoms in total. The predicted molar refractivity (Wildman–Crippen MR) is 68.7 cm³/mol. The molecule has 0 saturated heterocycles. The largest absolute Gasteiger partial charge is 0.322 e. The standard InChI is InChI=1S/C12H22N4O/c1-7(2)6-10(13)12(17)14-11-8(3)15-16(5)9(11)4/h7,10H,6,13H2,1-5H3,(H,14,17)/t10-/m0/s1. The average Bonchev–Trinajstić information content (AvgIpc) is 2.44. The SMILES string of the molecule is Cc1nn(C)c(C)c1NC(=O)[C@@H](N)CC(C)C. The Balaban J connectivity index is 2.74. The Morgan fingerprint density at radius 2 is 2.06 bits per heavy atom. The first-order valence-corrected chi connectivity index (χ1v) is 5.89. The number of carbonyl (C=O) groups excluding carboxylic acids is 1. The highest BCUT2D eigenvalue weighted by Crippen LogP contribution is 2.18. The zero-order chi connectivity index (χ0) is 13.2. The summed E-state index contributed by atoms with van der Waals surface area (Å²) in [5, 5.41) is 7.10. The fourth-order valence-corrected chi connectivity index (χ4v) is 1.79. The molecule has 96 valence electrons. The van der Waals surface area contributed by atoms with Gasteiger partial charge in [0.15, 0.2) is 0 Å². The van der Waals surface area contributed by atoms with E-state index in [1.807, 2.05) is 34.7 Å². The first-order chi connectivity index (χ1) is 7.82. The molecule has 1 aromatic heterocycles. The van der Waals surface area contributed by atoms with Crippen molar-refractivity contribution in [2.45, 2.75) is 40.2 Å². The Bertz CT molecular complexity index is 409. The lowest BCUT2D eigenvalue weighted by Gasteiger charge is -2.14. The molecule has 0 radical (unpaired) electrons. The van der Waals surface area contributed by atoms with E-state index < -0.39 is 6.04 Å². The normalized spacial score (nSPS) is 12.9. The molecule has 1 heterocycles. The summed E-state index contributed by atoms with van der Waals surface area (Å²) in [5.41, 5.74) is 8.36. The minimum atomic E-state index is -0.464. The molecule has 17 heavy (non-hydrogen) atoms. The van der Waals surface area contributed by atoms with E-state index in [1.54, 1.807) is 4.68 Å². The summed E-state index contributed by atoms with van der Waals surface area (Å²) in [5.74, 6) is 0.268. The zero-order valence-electron chi connectivity index (χ0n) is 11.2. The van der Waals surface area contributed by atoms with Crippen molar-refractivity contribution >= 4 is 11.6 Å². The Hall–Kier alpha value is -1.36. The van der Waals surface area contributed by atoms with Gasteiger partial charge in [0.05, 0.1) is 23.1 Å². The quantitative estimate of drug-likeness (QED) is 0.831. The molecular formula is C12H22N4O. The van der Waals surface area contributed by atoms with E-state index in [2.05, 4.69) is 10.4 Å². The van der Waals surface area contributed by atoms with Crippen LogP contribution in [0.4, 0.5) is 5.69 Å². The number of anilines is 1. The van der Waals surface area contributed by atoms with Gasteiger partial charge in [0.25, 0.3) is 0 Å². The van der Waals surface area contributed by atoms with Crippen LogP contribution in [0.25, 0.3) is 0 Å². The number of nitrogens with one attached hydrogen (secondary N) is 1. The van der Waals surface area contributed by atoms with Crippen molar-refractivity contribution in [3.8, 4) is 0 Å². The number of hydrogen-bond acceptors (Lipinski definition) is 3. The summed E-state index contributed by atoms with van der Waals surface area (Å²) >= 11 is 0. The second-order valence-corrected chi connectivity index (χ2v) is 4.89. The Kier molecular flexibility index (Phi) is 4.28. The van der Waals surface area contributed by atoms with Gasteiger partial charge in [-0.2, -0.15) is 5.10 Å². The molecule has 0 aliphatic heterocycles. The van der Waals surface area contributed by atoms with Gasteiger partial charge in [-0.3, -0.25) is 9.48 Å². The maximum Gasteiger partial charge on any atom is 0.241 e. The molecule has 0 bridgehead atoms. The highest BCUT2D eigenvalue weighted by atomic mass is 16.2. The molecule has 1 aromatic rings. The fraction of sp³-hybridized carbons (Fsp3) is 0.667. The van der Waals surface area contributed by atoms with E-state index >= 15 is 0 Å². The molecule has 0 saturated carbocycles. The summed E-state index contributed by atoms with van der Waals surface area (Å²) in [7, 11) is 1.85. The van der Waals surface area contributed by atoms with Crippen molar-refractivity contribution in [2.24, 2.45) is 18.7 Å². The maximum atomic E-state index is 11.9. The third kappa shape index (κ3) is 3.30. The topological polar surface area (TPSA) is 72.9 Å². The van der Waals surface area contributed by atoms with Crippen LogP contribution in [0.3, 0.4) is 0 Å². The van der Waals surface area contributed by atoms with Gasteiger partial charge in [0.1, 0.15) is 0 Å². The van der Waals surface area contributed by atoms with Gasteiger partial charge in [-0.05, 0) is 26.2 Å². The number of hydrogen-bond donors (Lipinski definition) is 2. The predicted octanol–water partition coefficient (Wildman–Crippen LogP) is 1.35. The third-order valence-corrected chi connectivity index (χ3v) is 2.82. The summed E-state index contributed by atoms with van der Waals surface area (Å²) in [4.78, 5) is 11.9. The minimum absolute atomic E-state index is 0.141. The highest BCUT2D eigenvalue weighted by Gasteiger charge is 2.18. The number of nitrogens with zero attached hydrogens (tertiary/aromatic N) is 2. The van der Waals surface area contributed by atoms with Gasteiger partial charge in [-0.15, -0.1) is 0 Å². The number of rotatable bonds is 4. The van der Waals surface area contributed by atoms with Gasteiger partial charge >= 0.3 is 0 Å². The number of aromatic nitrogens is 2. The lowest BCUT2D eigenvalue weighted by molar-refractivity contribution is -0.117. The van der Waals surface area contributed by atoms with E-state index in [9.17, 15) is 4.79 Å². The molecule has 1 rings (SSSR count). The fourth-order valence-electron chi connectivity index (χ4n) is 1.79. The van der Waals surface area contributed by atoms with Crippen LogP contribution in [-0.4, -0.2) is 21.7 Å². The second-order valence-electron chi connectivity index (χ2n) is 4.89. The summed E-state index contributed by atoms with van der Waals surface area (Å²) in [6.07, 6.45) is 0.685. The summed E-state index contributed by atoms with van der Waals surface area (Å²) < 4.78 is 1.75. The van der Waals surface area contributed by atoms with Crippen LogP contribution in [0.5, 0.6) is 0 Å². The monoisotopic (exact) mass is 238 g/mol. The molecular weight excluding hydrogens is 216 g/mol. The van der Waals surface area contributed by atoms with Crippen molar-refractivity contribution in [1.29, 1.82) is 0 Å². The highest BCUT2D eigenvalue weighted by molar-refractivity contribution is 5.95. The van der Waals surface area contributed by atoms with Gasteiger partial charge in [-0.25, -0.2) is 0 Å². The van der Waals surface area contributed by atoms with E-state index in [0.29, 0.717) is 12.3 Å². The number of aryl methyl sites for hydroxylation is 2. The molecule has 0 spiro atoms. The molecule has 1 atom stereocenters. The zero-order valence-corrected chi connectivity index (χ0v) is 11.2. The first-order valence-electron chi connectivity index (χ1n) is 5.89. The van der Waals surface area contributed by atoms with Gasteiger partial charge in [0.2, 0.25) is 5.91 Å². The Morgan fingerprint density at radius 1 is 1.47 bits per heavy atom. The molecule has 1 amide bonds. The van der Waals surface area contributed by atoms with Gasteiger partial charge < -0.3 is 11.1 Å². The number of nitrogens with two attached hydrogens (primary N) is 1. The Labute approximate surface area is 102 Å². The number of amides is 1. The van der Waals surface area contributed by atoms with Crippen molar-refractivity contribution < 1.29 is 4.79 Å². The average molecular weight is 238 g/mol. The molecule has 5 heteroatoms. The molecule has 0 aromatic carbocycles. The van der Waals surface area contributed by atoms with Gasteiger partial charge in [-0.1, -0.05) is 13.8 Å². The molecule has 0 fully saturated rings. The van der Waals surface area contributed by atoms with E-state index in [1.165, 1.54) is 0 Å². The van der Waals surface area contributed by atoms with Crippen LogP contribution in [0.15, 0.2) is 0 Å². The lowest BCUT2D eigenvalue weighted by atomic mass is 10.0. The number of carbonyl (C=O) groups is 1. The van der Waals surface area contributed by atoms with Crippen LogP contribution in [-0.2, 0) is 11.8 Å². The second kappa shape index (κ2) is 5.31. The van der Waals surface area contributed by atoms with Crippen LogP contribution >= 0.6 is 0 Å². The van der Waals surface area contributed by atoms with Crippen molar-refractivity contribution in [3.63, 3.8) is 0 Å². The van der Waals surface area contributed by atoms with Crippen LogP contribution in [0.2, 0.25) is 0 Å². The first kappa shape index (κ1) is 13.7. The third-order valence-electron chi connectivity index (χ3n) is 2.82. The van der Waals surface area contributed by atoms with Crippen molar-refractivity contribution in [1.82, 2.24) is 9.78 Å². The summed E-state index contributed by atoms with van der Waals surface area (Å²) in [6, 6.07) is -0.464. The summed E-state index contributed by atoms with van der Waals surface area (Å²) in [6.45, 7) is 7.89. The molecule has 0 aliphatic rings. The van der Waals surface area contributed by atoms with Crippen LogP contribution in [0, 0.1) is 19.8 Å². The van der Waals surface area contributed by atoms with Crippen LogP contribution < -0.4 is 11.1 Å². The molecule has 0 unspecified atom stereocenters. The lowest BCUT2D eigenvalue weighted by Crippen LogP contribution is -2.36. The maximum absolute atomic E-state index is 11.9. The van der Waals surface area contributed by atoms with E-state index in [4.69, 9.17) is 5.73 Å². The molecule has 0 aliphatic carbocycles. The van der Waals surface area contributed by atoms with Gasteiger partial charge in [0, 0.05) is 7.05 Å².